The maximum Gasteiger partial charge on any atom is 0.455 e. The van der Waals surface area contributed by atoms with Crippen molar-refractivity contribution in [3.8, 4) is 0 Å². The molecule has 1 saturated heterocycles. The van der Waals surface area contributed by atoms with Crippen molar-refractivity contribution in [2.45, 2.75) is 25.2 Å². The molecule has 1 aromatic rings. The molecule has 0 amide bonds. The van der Waals surface area contributed by atoms with Crippen LogP contribution in [0.15, 0.2) is 4.52 Å². The quantitative estimate of drug-likeness (QED) is 0.872. The standard InChI is InChI=1S/C10H15F3N4O2/c11-10(12,13)9-15-8(19-16-9)6-17-3-4-18-7(5-17)1-2-14/h7H,1-6,14H2/t7-/m1/s1. The predicted molar refractivity (Wildman–Crippen MR) is 58.0 cm³/mol. The van der Waals surface area contributed by atoms with Crippen LogP contribution >= 0.6 is 0 Å². The number of morpholine rings is 1. The zero-order chi connectivity index (χ0) is 13.9. The molecule has 2 heterocycles. The minimum absolute atomic E-state index is 0.00348. The number of nitrogens with two attached hydrogens (primary N) is 1. The molecular formula is C10H15F3N4O2. The van der Waals surface area contributed by atoms with E-state index in [1.165, 1.54) is 0 Å². The summed E-state index contributed by atoms with van der Waals surface area (Å²) in [4.78, 5) is 5.25. The van der Waals surface area contributed by atoms with Gasteiger partial charge in [0.25, 0.3) is 5.82 Å². The zero-order valence-corrected chi connectivity index (χ0v) is 10.2. The van der Waals surface area contributed by atoms with Crippen LogP contribution in [0.5, 0.6) is 0 Å². The second-order valence-electron chi connectivity index (χ2n) is 4.31. The molecule has 0 radical (unpaired) electrons. The van der Waals surface area contributed by atoms with Gasteiger partial charge in [0.1, 0.15) is 0 Å². The van der Waals surface area contributed by atoms with E-state index in [0.717, 1.165) is 0 Å². The highest BCUT2D eigenvalue weighted by Gasteiger charge is 2.37. The summed E-state index contributed by atoms with van der Waals surface area (Å²) in [5.41, 5.74) is 5.44. The minimum atomic E-state index is -4.57. The van der Waals surface area contributed by atoms with Crippen LogP contribution < -0.4 is 5.73 Å². The predicted octanol–water partition coefficient (Wildman–Crippen LogP) is 0.638. The summed E-state index contributed by atoms with van der Waals surface area (Å²) in [6.07, 6.45) is -3.85. The molecule has 19 heavy (non-hydrogen) atoms. The summed E-state index contributed by atoms with van der Waals surface area (Å²) < 4.78 is 47.0. The topological polar surface area (TPSA) is 77.4 Å². The second kappa shape index (κ2) is 5.85. The molecule has 1 atom stereocenters. The van der Waals surface area contributed by atoms with Gasteiger partial charge in [-0.1, -0.05) is 5.16 Å². The molecule has 1 aliphatic rings. The fourth-order valence-corrected chi connectivity index (χ4v) is 1.91. The number of rotatable bonds is 4. The molecular weight excluding hydrogens is 265 g/mol. The molecule has 108 valence electrons. The van der Waals surface area contributed by atoms with E-state index in [-0.39, 0.29) is 18.5 Å². The summed E-state index contributed by atoms with van der Waals surface area (Å²) in [6.45, 7) is 2.43. The van der Waals surface area contributed by atoms with E-state index >= 15 is 0 Å². The van der Waals surface area contributed by atoms with E-state index in [1.54, 1.807) is 0 Å². The SMILES string of the molecule is NCC[C@@H]1CN(Cc2nc(C(F)(F)F)no2)CCO1. The number of hydrogen-bond donors (Lipinski definition) is 1. The van der Waals surface area contributed by atoms with Gasteiger partial charge >= 0.3 is 6.18 Å². The normalized spacial score (nSPS) is 21.8. The average molecular weight is 280 g/mol. The van der Waals surface area contributed by atoms with Gasteiger partial charge in [0, 0.05) is 13.1 Å². The lowest BCUT2D eigenvalue weighted by molar-refractivity contribution is -0.146. The largest absolute Gasteiger partial charge is 0.455 e. The molecule has 9 heteroatoms. The Morgan fingerprint density at radius 3 is 2.84 bits per heavy atom. The molecule has 0 unspecified atom stereocenters. The lowest BCUT2D eigenvalue weighted by Gasteiger charge is -2.31. The molecule has 0 aliphatic carbocycles. The highest BCUT2D eigenvalue weighted by molar-refractivity contribution is 4.91. The first-order valence-electron chi connectivity index (χ1n) is 5.93. The van der Waals surface area contributed by atoms with Crippen molar-refractivity contribution >= 4 is 0 Å². The number of nitrogens with zero attached hydrogens (tertiary/aromatic N) is 3. The maximum absolute atomic E-state index is 12.3. The van der Waals surface area contributed by atoms with E-state index in [4.69, 9.17) is 10.5 Å². The number of aromatic nitrogens is 2. The fraction of sp³-hybridized carbons (Fsp3) is 0.800. The number of halogens is 3. The molecule has 0 saturated carbocycles. The number of alkyl halides is 3. The van der Waals surface area contributed by atoms with E-state index in [0.29, 0.717) is 32.7 Å². The zero-order valence-electron chi connectivity index (χ0n) is 10.2. The van der Waals surface area contributed by atoms with E-state index in [9.17, 15) is 13.2 Å². The van der Waals surface area contributed by atoms with Gasteiger partial charge in [-0.2, -0.15) is 18.2 Å². The fourth-order valence-electron chi connectivity index (χ4n) is 1.91. The van der Waals surface area contributed by atoms with Crippen LogP contribution in [0.25, 0.3) is 0 Å². The van der Waals surface area contributed by atoms with Crippen LogP contribution in [0.4, 0.5) is 13.2 Å². The number of hydrogen-bond acceptors (Lipinski definition) is 6. The highest BCUT2D eigenvalue weighted by atomic mass is 19.4. The van der Waals surface area contributed by atoms with Gasteiger partial charge in [0.15, 0.2) is 0 Å². The van der Waals surface area contributed by atoms with Gasteiger partial charge in [0.05, 0.1) is 19.3 Å². The first-order valence-corrected chi connectivity index (χ1v) is 5.93. The van der Waals surface area contributed by atoms with E-state index in [1.807, 2.05) is 4.90 Å². The van der Waals surface area contributed by atoms with Crippen molar-refractivity contribution in [2.24, 2.45) is 5.73 Å². The maximum atomic E-state index is 12.3. The molecule has 0 aromatic carbocycles. The lowest BCUT2D eigenvalue weighted by Crippen LogP contribution is -2.42. The summed E-state index contributed by atoms with van der Waals surface area (Å²) in [5.74, 6) is -1.28. The lowest BCUT2D eigenvalue weighted by atomic mass is 10.2. The second-order valence-corrected chi connectivity index (χ2v) is 4.31. The molecule has 1 fully saturated rings. The summed E-state index contributed by atoms with van der Waals surface area (Å²) in [6, 6.07) is 0. The van der Waals surface area contributed by atoms with Crippen LogP contribution in [0.1, 0.15) is 18.1 Å². The monoisotopic (exact) mass is 280 g/mol. The van der Waals surface area contributed by atoms with Gasteiger partial charge in [-0.25, -0.2) is 0 Å². The smallest absolute Gasteiger partial charge is 0.376 e. The summed E-state index contributed by atoms with van der Waals surface area (Å²) in [7, 11) is 0. The molecule has 2 N–H and O–H groups in total. The van der Waals surface area contributed by atoms with E-state index in [2.05, 4.69) is 14.7 Å². The molecule has 0 bridgehead atoms. The van der Waals surface area contributed by atoms with Crippen LogP contribution in [0.3, 0.4) is 0 Å². The van der Waals surface area contributed by atoms with Crippen LogP contribution in [0.2, 0.25) is 0 Å². The highest BCUT2D eigenvalue weighted by Crippen LogP contribution is 2.26. The Bertz CT molecular complexity index is 408. The first kappa shape index (κ1) is 14.2. The Hall–Kier alpha value is -1.19. The van der Waals surface area contributed by atoms with Gasteiger partial charge in [-0.15, -0.1) is 0 Å². The molecule has 2 rings (SSSR count). The number of ether oxygens (including phenoxy) is 1. The minimum Gasteiger partial charge on any atom is -0.376 e. The third-order valence-electron chi connectivity index (χ3n) is 2.79. The third-order valence-corrected chi connectivity index (χ3v) is 2.79. The van der Waals surface area contributed by atoms with Gasteiger partial charge in [-0.3, -0.25) is 4.90 Å². The Labute approximate surface area is 107 Å². The molecule has 1 aromatic heterocycles. The van der Waals surface area contributed by atoms with Crippen LogP contribution in [-0.2, 0) is 17.5 Å². The average Bonchev–Trinajstić information content (AvgIpc) is 2.78. The van der Waals surface area contributed by atoms with Gasteiger partial charge in [-0.05, 0) is 13.0 Å². The van der Waals surface area contributed by atoms with Crippen molar-refractivity contribution in [1.82, 2.24) is 15.0 Å². The van der Waals surface area contributed by atoms with Crippen molar-refractivity contribution in [2.75, 3.05) is 26.2 Å². The van der Waals surface area contributed by atoms with Crippen LogP contribution in [0, 0.1) is 0 Å². The first-order chi connectivity index (χ1) is 8.99. The molecule has 1 aliphatic heterocycles. The van der Waals surface area contributed by atoms with Crippen LogP contribution in [-0.4, -0.2) is 47.4 Å². The van der Waals surface area contributed by atoms with Crippen molar-refractivity contribution in [3.63, 3.8) is 0 Å². The Balaban J connectivity index is 1.92. The molecule has 0 spiro atoms. The summed E-state index contributed by atoms with van der Waals surface area (Å²) >= 11 is 0. The van der Waals surface area contributed by atoms with Gasteiger partial charge < -0.3 is 15.0 Å². The summed E-state index contributed by atoms with van der Waals surface area (Å²) in [5, 5.41) is 2.92. The molecule has 6 nitrogen and oxygen atoms in total. The van der Waals surface area contributed by atoms with Gasteiger partial charge in [0.2, 0.25) is 5.89 Å². The Morgan fingerprint density at radius 2 is 2.21 bits per heavy atom. The Kier molecular flexibility index (Phi) is 4.38. The third kappa shape index (κ3) is 3.88. The Morgan fingerprint density at radius 1 is 1.42 bits per heavy atom. The van der Waals surface area contributed by atoms with Crippen molar-refractivity contribution in [3.05, 3.63) is 11.7 Å². The van der Waals surface area contributed by atoms with Crippen molar-refractivity contribution < 1.29 is 22.4 Å². The van der Waals surface area contributed by atoms with Crippen molar-refractivity contribution in [1.29, 1.82) is 0 Å². The van der Waals surface area contributed by atoms with E-state index < -0.39 is 12.0 Å².